The Bertz CT molecular complexity index is 1090. The van der Waals surface area contributed by atoms with Crippen molar-refractivity contribution in [3.63, 3.8) is 0 Å². The summed E-state index contributed by atoms with van der Waals surface area (Å²) in [4.78, 5) is 38.0. The lowest BCUT2D eigenvalue weighted by Gasteiger charge is -2.18. The molecule has 6 nitrogen and oxygen atoms in total. The second-order valence-corrected chi connectivity index (χ2v) is 19.2. The second kappa shape index (κ2) is 54.2. The van der Waals surface area contributed by atoms with Gasteiger partial charge in [0.2, 0.25) is 0 Å². The zero-order valence-corrected chi connectivity index (χ0v) is 43.5. The fourth-order valence-corrected chi connectivity index (χ4v) is 8.29. The first-order chi connectivity index (χ1) is 32.0. The number of carbonyl (C=O) groups is 3. The highest BCUT2D eigenvalue weighted by Crippen LogP contribution is 2.16. The molecule has 0 heterocycles. The SMILES string of the molecule is CCCCCCC/C=C\C/C=C\CCCCCCCCCCCC(=O)OCC(COC(=O)CCCCCCCCCCC)OC(=O)CCCCCCCCC/C=C\CCCCCCCC. The first-order valence-electron chi connectivity index (χ1n) is 28.5. The van der Waals surface area contributed by atoms with Crippen molar-refractivity contribution in [2.24, 2.45) is 0 Å². The molecule has 0 aliphatic rings. The molecule has 0 spiro atoms. The maximum atomic E-state index is 12.8. The Morgan fingerprint density at radius 3 is 0.862 bits per heavy atom. The minimum Gasteiger partial charge on any atom is -0.462 e. The monoisotopic (exact) mass is 913 g/mol. The van der Waals surface area contributed by atoms with Gasteiger partial charge in [-0.1, -0.05) is 243 Å². The molecule has 0 amide bonds. The number of hydrogen-bond acceptors (Lipinski definition) is 6. The van der Waals surface area contributed by atoms with Crippen molar-refractivity contribution in [3.8, 4) is 0 Å². The van der Waals surface area contributed by atoms with Crippen molar-refractivity contribution < 1.29 is 28.6 Å². The second-order valence-electron chi connectivity index (χ2n) is 19.2. The molecule has 0 fully saturated rings. The van der Waals surface area contributed by atoms with E-state index in [0.717, 1.165) is 64.2 Å². The molecule has 0 bridgehead atoms. The lowest BCUT2D eigenvalue weighted by Crippen LogP contribution is -2.30. The number of rotatable bonds is 52. The molecule has 0 aliphatic carbocycles. The van der Waals surface area contributed by atoms with E-state index >= 15 is 0 Å². The summed E-state index contributed by atoms with van der Waals surface area (Å²) in [6, 6.07) is 0. The van der Waals surface area contributed by atoms with Crippen LogP contribution < -0.4 is 0 Å². The van der Waals surface area contributed by atoms with Gasteiger partial charge in [-0.25, -0.2) is 0 Å². The normalized spacial score (nSPS) is 12.2. The largest absolute Gasteiger partial charge is 0.462 e. The van der Waals surface area contributed by atoms with E-state index in [9.17, 15) is 14.4 Å². The van der Waals surface area contributed by atoms with Crippen molar-refractivity contribution in [2.45, 2.75) is 309 Å². The van der Waals surface area contributed by atoms with Crippen LogP contribution in [-0.2, 0) is 28.6 Å². The molecule has 6 heteroatoms. The minimum atomic E-state index is -0.772. The quantitative estimate of drug-likeness (QED) is 0.0262. The summed E-state index contributed by atoms with van der Waals surface area (Å²) in [6.07, 6.45) is 64.2. The zero-order valence-electron chi connectivity index (χ0n) is 43.5. The first-order valence-corrected chi connectivity index (χ1v) is 28.5. The molecule has 0 N–H and O–H groups in total. The molecule has 1 atom stereocenters. The fraction of sp³-hybridized carbons (Fsp3) is 0.847. The Kier molecular flexibility index (Phi) is 52.3. The maximum Gasteiger partial charge on any atom is 0.306 e. The number of unbranched alkanes of at least 4 members (excludes halogenated alkanes) is 35. The van der Waals surface area contributed by atoms with Gasteiger partial charge in [0.25, 0.3) is 0 Å². The number of esters is 3. The van der Waals surface area contributed by atoms with Gasteiger partial charge in [-0.3, -0.25) is 14.4 Å². The van der Waals surface area contributed by atoms with Gasteiger partial charge >= 0.3 is 17.9 Å². The van der Waals surface area contributed by atoms with Crippen LogP contribution in [0.15, 0.2) is 36.5 Å². The molecular formula is C59H108O6. The highest BCUT2D eigenvalue weighted by Gasteiger charge is 2.19. The van der Waals surface area contributed by atoms with Crippen LogP contribution in [0, 0.1) is 0 Å². The molecule has 0 saturated heterocycles. The van der Waals surface area contributed by atoms with Gasteiger partial charge in [0, 0.05) is 19.3 Å². The average molecular weight is 914 g/mol. The molecule has 0 rings (SSSR count). The molecule has 1 unspecified atom stereocenters. The molecule has 65 heavy (non-hydrogen) atoms. The van der Waals surface area contributed by atoms with Crippen LogP contribution in [0.2, 0.25) is 0 Å². The van der Waals surface area contributed by atoms with Crippen molar-refractivity contribution in [3.05, 3.63) is 36.5 Å². The van der Waals surface area contributed by atoms with E-state index < -0.39 is 6.10 Å². The Balaban J connectivity index is 4.26. The van der Waals surface area contributed by atoms with E-state index in [0.29, 0.717) is 19.3 Å². The third kappa shape index (κ3) is 52.5. The minimum absolute atomic E-state index is 0.0722. The van der Waals surface area contributed by atoms with E-state index in [1.165, 1.54) is 199 Å². The van der Waals surface area contributed by atoms with Crippen molar-refractivity contribution in [1.29, 1.82) is 0 Å². The number of allylic oxidation sites excluding steroid dienone is 6. The van der Waals surface area contributed by atoms with Crippen molar-refractivity contribution in [1.82, 2.24) is 0 Å². The third-order valence-electron chi connectivity index (χ3n) is 12.6. The molecule has 0 aromatic rings. The summed E-state index contributed by atoms with van der Waals surface area (Å²) in [5.41, 5.74) is 0. The number of carbonyl (C=O) groups excluding carboxylic acids is 3. The van der Waals surface area contributed by atoms with Crippen LogP contribution >= 0.6 is 0 Å². The van der Waals surface area contributed by atoms with Gasteiger partial charge in [-0.15, -0.1) is 0 Å². The highest BCUT2D eigenvalue weighted by molar-refractivity contribution is 5.71. The number of ether oxygens (including phenoxy) is 3. The summed E-state index contributed by atoms with van der Waals surface area (Å²) in [5, 5.41) is 0. The average Bonchev–Trinajstić information content (AvgIpc) is 3.30. The summed E-state index contributed by atoms with van der Waals surface area (Å²) in [5.74, 6) is -0.870. The van der Waals surface area contributed by atoms with Gasteiger partial charge in [0.15, 0.2) is 6.10 Å². The molecular weight excluding hydrogens is 805 g/mol. The van der Waals surface area contributed by atoms with Gasteiger partial charge < -0.3 is 14.2 Å². The summed E-state index contributed by atoms with van der Waals surface area (Å²) in [7, 11) is 0. The van der Waals surface area contributed by atoms with Crippen molar-refractivity contribution in [2.75, 3.05) is 13.2 Å². The van der Waals surface area contributed by atoms with Crippen LogP contribution in [0.3, 0.4) is 0 Å². The predicted molar refractivity (Wildman–Crippen MR) is 279 cm³/mol. The van der Waals surface area contributed by atoms with Gasteiger partial charge in [-0.2, -0.15) is 0 Å². The Labute approximate surface area is 404 Å². The Hall–Kier alpha value is -2.37. The predicted octanol–water partition coefficient (Wildman–Crippen LogP) is 18.9. The molecule has 0 radical (unpaired) electrons. The van der Waals surface area contributed by atoms with Crippen LogP contribution in [0.25, 0.3) is 0 Å². The zero-order chi connectivity index (χ0) is 47.2. The first kappa shape index (κ1) is 62.6. The van der Waals surface area contributed by atoms with E-state index in [-0.39, 0.29) is 31.1 Å². The fourth-order valence-electron chi connectivity index (χ4n) is 8.29. The van der Waals surface area contributed by atoms with Gasteiger partial charge in [-0.05, 0) is 77.0 Å². The molecule has 0 aromatic heterocycles. The van der Waals surface area contributed by atoms with Crippen LogP contribution in [0.4, 0.5) is 0 Å². The summed E-state index contributed by atoms with van der Waals surface area (Å²) < 4.78 is 16.8. The number of hydrogen-bond donors (Lipinski definition) is 0. The molecule has 380 valence electrons. The van der Waals surface area contributed by atoms with Crippen molar-refractivity contribution >= 4 is 17.9 Å². The van der Waals surface area contributed by atoms with Gasteiger partial charge in [0.1, 0.15) is 13.2 Å². The smallest absolute Gasteiger partial charge is 0.306 e. The van der Waals surface area contributed by atoms with Crippen LogP contribution in [0.5, 0.6) is 0 Å². The van der Waals surface area contributed by atoms with E-state index in [4.69, 9.17) is 14.2 Å². The maximum absolute atomic E-state index is 12.8. The van der Waals surface area contributed by atoms with E-state index in [2.05, 4.69) is 57.2 Å². The summed E-state index contributed by atoms with van der Waals surface area (Å²) >= 11 is 0. The third-order valence-corrected chi connectivity index (χ3v) is 12.6. The Morgan fingerprint density at radius 1 is 0.308 bits per heavy atom. The standard InChI is InChI=1S/C59H108O6/c1-4-7-10-13-16-19-21-23-25-27-28-29-30-32-33-35-37-40-43-46-49-52-58(61)64-55-56(54-63-57(60)51-48-45-42-39-18-15-12-9-6-3)65-59(62)53-50-47-44-41-38-36-34-31-26-24-22-20-17-14-11-8-5-2/h21,23-24,26-28,56H,4-20,22,25,29-55H2,1-3H3/b23-21-,26-24-,28-27-. The lowest BCUT2D eigenvalue weighted by atomic mass is 10.1. The van der Waals surface area contributed by atoms with Gasteiger partial charge in [0.05, 0.1) is 0 Å². The van der Waals surface area contributed by atoms with E-state index in [1.807, 2.05) is 0 Å². The summed E-state index contributed by atoms with van der Waals surface area (Å²) in [6.45, 7) is 6.63. The topological polar surface area (TPSA) is 78.9 Å². The lowest BCUT2D eigenvalue weighted by molar-refractivity contribution is -0.167. The highest BCUT2D eigenvalue weighted by atomic mass is 16.6. The molecule has 0 saturated carbocycles. The van der Waals surface area contributed by atoms with Crippen LogP contribution in [-0.4, -0.2) is 37.2 Å². The molecule has 0 aliphatic heterocycles. The Morgan fingerprint density at radius 2 is 0.554 bits per heavy atom. The molecule has 0 aromatic carbocycles. The van der Waals surface area contributed by atoms with Crippen LogP contribution in [0.1, 0.15) is 303 Å². The van der Waals surface area contributed by atoms with E-state index in [1.54, 1.807) is 0 Å².